The minimum Gasteiger partial charge on any atom is -0.378 e. The first-order chi connectivity index (χ1) is 7.24. The Kier molecular flexibility index (Phi) is 2.87. The zero-order valence-corrected chi connectivity index (χ0v) is 8.95. The standard InChI is InChI=1S/C10H10ClN3O/c1-7-4-9(15-14-7)6-13-8-2-3-12-10(11)5-8/h2-5H,6H2,1H3,(H,12,13). The minimum atomic E-state index is 0.466. The highest BCUT2D eigenvalue weighted by molar-refractivity contribution is 6.29. The lowest BCUT2D eigenvalue weighted by atomic mass is 10.3. The number of nitrogens with one attached hydrogen (secondary N) is 1. The highest BCUT2D eigenvalue weighted by atomic mass is 35.5. The molecular formula is C10H10ClN3O. The van der Waals surface area contributed by atoms with E-state index in [4.69, 9.17) is 16.1 Å². The molecule has 2 aromatic rings. The number of hydrogen-bond acceptors (Lipinski definition) is 4. The van der Waals surface area contributed by atoms with Crippen LogP contribution in [0.2, 0.25) is 5.15 Å². The summed E-state index contributed by atoms with van der Waals surface area (Å²) in [6.45, 7) is 2.47. The Morgan fingerprint density at radius 3 is 3.00 bits per heavy atom. The van der Waals surface area contributed by atoms with Crippen LogP contribution in [0.1, 0.15) is 11.5 Å². The van der Waals surface area contributed by atoms with Gasteiger partial charge < -0.3 is 9.84 Å². The Morgan fingerprint density at radius 1 is 1.47 bits per heavy atom. The van der Waals surface area contributed by atoms with Crippen molar-refractivity contribution < 1.29 is 4.52 Å². The van der Waals surface area contributed by atoms with Gasteiger partial charge in [0, 0.05) is 18.0 Å². The summed E-state index contributed by atoms with van der Waals surface area (Å²) in [6.07, 6.45) is 1.65. The molecule has 0 saturated carbocycles. The van der Waals surface area contributed by atoms with Crippen molar-refractivity contribution in [1.29, 1.82) is 0 Å². The number of nitrogens with zero attached hydrogens (tertiary/aromatic N) is 2. The van der Waals surface area contributed by atoms with E-state index in [-0.39, 0.29) is 0 Å². The maximum Gasteiger partial charge on any atom is 0.156 e. The van der Waals surface area contributed by atoms with E-state index in [0.29, 0.717) is 11.7 Å². The Bertz CT molecular complexity index is 455. The fraction of sp³-hybridized carbons (Fsp3) is 0.200. The van der Waals surface area contributed by atoms with Gasteiger partial charge in [0.25, 0.3) is 0 Å². The van der Waals surface area contributed by atoms with Gasteiger partial charge in [-0.05, 0) is 19.1 Å². The average Bonchev–Trinajstić information content (AvgIpc) is 2.62. The van der Waals surface area contributed by atoms with Crippen molar-refractivity contribution in [3.63, 3.8) is 0 Å². The summed E-state index contributed by atoms with van der Waals surface area (Å²) in [5, 5.41) is 7.42. The van der Waals surface area contributed by atoms with Gasteiger partial charge in [0.15, 0.2) is 5.76 Å². The summed E-state index contributed by atoms with van der Waals surface area (Å²) < 4.78 is 5.06. The summed E-state index contributed by atoms with van der Waals surface area (Å²) in [7, 11) is 0. The van der Waals surface area contributed by atoms with Crippen LogP contribution in [0.5, 0.6) is 0 Å². The average molecular weight is 224 g/mol. The van der Waals surface area contributed by atoms with Gasteiger partial charge in [-0.15, -0.1) is 0 Å². The molecule has 2 heterocycles. The fourth-order valence-corrected chi connectivity index (χ4v) is 1.38. The highest BCUT2D eigenvalue weighted by Crippen LogP contribution is 2.13. The molecule has 5 heteroatoms. The second-order valence-corrected chi connectivity index (χ2v) is 3.54. The van der Waals surface area contributed by atoms with Gasteiger partial charge in [-0.1, -0.05) is 16.8 Å². The zero-order chi connectivity index (χ0) is 10.7. The van der Waals surface area contributed by atoms with Crippen molar-refractivity contribution in [1.82, 2.24) is 10.1 Å². The van der Waals surface area contributed by atoms with Crippen molar-refractivity contribution >= 4 is 17.3 Å². The first-order valence-corrected chi connectivity index (χ1v) is 4.89. The molecule has 0 saturated heterocycles. The summed E-state index contributed by atoms with van der Waals surface area (Å²) in [5.74, 6) is 0.792. The zero-order valence-electron chi connectivity index (χ0n) is 8.20. The molecule has 2 rings (SSSR count). The normalized spacial score (nSPS) is 10.3. The molecule has 0 aliphatic rings. The van der Waals surface area contributed by atoms with Crippen molar-refractivity contribution in [2.24, 2.45) is 0 Å². The summed E-state index contributed by atoms with van der Waals surface area (Å²) in [5.41, 5.74) is 1.78. The number of anilines is 1. The monoisotopic (exact) mass is 223 g/mol. The second kappa shape index (κ2) is 4.31. The molecule has 0 unspecified atom stereocenters. The lowest BCUT2D eigenvalue weighted by Gasteiger charge is -2.02. The lowest BCUT2D eigenvalue weighted by molar-refractivity contribution is 0.384. The van der Waals surface area contributed by atoms with Crippen LogP contribution in [0.25, 0.3) is 0 Å². The molecule has 0 aliphatic heterocycles. The largest absolute Gasteiger partial charge is 0.378 e. The van der Waals surface area contributed by atoms with E-state index in [9.17, 15) is 0 Å². The maximum atomic E-state index is 5.74. The van der Waals surface area contributed by atoms with Gasteiger partial charge in [0.05, 0.1) is 12.2 Å². The molecule has 0 radical (unpaired) electrons. The predicted octanol–water partition coefficient (Wildman–Crippen LogP) is 2.64. The Labute approximate surface area is 92.3 Å². The number of aryl methyl sites for hydroxylation is 1. The SMILES string of the molecule is Cc1cc(CNc2ccnc(Cl)c2)on1. The Morgan fingerprint density at radius 2 is 2.33 bits per heavy atom. The summed E-state index contributed by atoms with van der Waals surface area (Å²) >= 11 is 5.74. The van der Waals surface area contributed by atoms with Crippen LogP contribution in [0.4, 0.5) is 5.69 Å². The number of halogens is 1. The topological polar surface area (TPSA) is 51.0 Å². The van der Waals surface area contributed by atoms with Crippen LogP contribution in [0, 0.1) is 6.92 Å². The molecule has 0 fully saturated rings. The van der Waals surface area contributed by atoms with Gasteiger partial charge in [0.1, 0.15) is 5.15 Å². The maximum absolute atomic E-state index is 5.74. The number of aromatic nitrogens is 2. The van der Waals surface area contributed by atoms with Gasteiger partial charge in [-0.25, -0.2) is 4.98 Å². The van der Waals surface area contributed by atoms with Crippen molar-refractivity contribution in [2.45, 2.75) is 13.5 Å². The molecule has 78 valence electrons. The number of hydrogen-bond donors (Lipinski definition) is 1. The molecule has 15 heavy (non-hydrogen) atoms. The number of rotatable bonds is 3. The molecule has 4 nitrogen and oxygen atoms in total. The minimum absolute atomic E-state index is 0.466. The predicted molar refractivity (Wildman–Crippen MR) is 57.8 cm³/mol. The molecule has 0 amide bonds. The van der Waals surface area contributed by atoms with E-state index < -0.39 is 0 Å². The van der Waals surface area contributed by atoms with Crippen molar-refractivity contribution in [2.75, 3.05) is 5.32 Å². The first kappa shape index (κ1) is 9.98. The highest BCUT2D eigenvalue weighted by Gasteiger charge is 2.00. The summed E-state index contributed by atoms with van der Waals surface area (Å²) in [6, 6.07) is 5.48. The third-order valence-corrected chi connectivity index (χ3v) is 2.08. The van der Waals surface area contributed by atoms with Crippen LogP contribution in [-0.4, -0.2) is 10.1 Å². The van der Waals surface area contributed by atoms with E-state index in [0.717, 1.165) is 17.1 Å². The molecule has 0 bridgehead atoms. The van der Waals surface area contributed by atoms with Crippen LogP contribution < -0.4 is 5.32 Å². The molecule has 1 N–H and O–H groups in total. The van der Waals surface area contributed by atoms with E-state index in [1.165, 1.54) is 0 Å². The second-order valence-electron chi connectivity index (χ2n) is 3.16. The molecule has 0 aliphatic carbocycles. The van der Waals surface area contributed by atoms with Crippen LogP contribution in [-0.2, 0) is 6.54 Å². The van der Waals surface area contributed by atoms with Crippen LogP contribution in [0.15, 0.2) is 28.9 Å². The van der Waals surface area contributed by atoms with Gasteiger partial charge in [-0.2, -0.15) is 0 Å². The van der Waals surface area contributed by atoms with Gasteiger partial charge >= 0.3 is 0 Å². The fourth-order valence-electron chi connectivity index (χ4n) is 1.20. The Balaban J connectivity index is 1.99. The molecule has 2 aromatic heterocycles. The molecule has 0 spiro atoms. The molecular weight excluding hydrogens is 214 g/mol. The Hall–Kier alpha value is -1.55. The lowest BCUT2D eigenvalue weighted by Crippen LogP contribution is -1.98. The van der Waals surface area contributed by atoms with Crippen LogP contribution in [0.3, 0.4) is 0 Å². The van der Waals surface area contributed by atoms with Crippen molar-refractivity contribution in [3.8, 4) is 0 Å². The quantitative estimate of drug-likeness (QED) is 0.813. The first-order valence-electron chi connectivity index (χ1n) is 4.51. The smallest absolute Gasteiger partial charge is 0.156 e. The summed E-state index contributed by atoms with van der Waals surface area (Å²) in [4.78, 5) is 3.89. The van der Waals surface area contributed by atoms with E-state index >= 15 is 0 Å². The van der Waals surface area contributed by atoms with Gasteiger partial charge in [-0.3, -0.25) is 0 Å². The van der Waals surface area contributed by atoms with E-state index in [1.807, 2.05) is 19.1 Å². The molecule has 0 aromatic carbocycles. The third-order valence-electron chi connectivity index (χ3n) is 1.87. The third kappa shape index (κ3) is 2.70. The van der Waals surface area contributed by atoms with E-state index in [1.54, 1.807) is 12.3 Å². The number of pyridine rings is 1. The molecule has 0 atom stereocenters. The van der Waals surface area contributed by atoms with Gasteiger partial charge in [0.2, 0.25) is 0 Å². The van der Waals surface area contributed by atoms with Crippen molar-refractivity contribution in [3.05, 3.63) is 41.0 Å². The van der Waals surface area contributed by atoms with E-state index in [2.05, 4.69) is 15.5 Å². The van der Waals surface area contributed by atoms with Crippen LogP contribution >= 0.6 is 11.6 Å².